The first-order chi connectivity index (χ1) is 8.23. The Morgan fingerprint density at radius 2 is 2.35 bits per heavy atom. The first-order valence-corrected chi connectivity index (χ1v) is 7.37. The largest absolute Gasteiger partial charge is 0.379 e. The van der Waals surface area contributed by atoms with Crippen molar-refractivity contribution >= 4 is 11.3 Å². The van der Waals surface area contributed by atoms with Gasteiger partial charge in [-0.15, -0.1) is 11.3 Å². The Morgan fingerprint density at radius 1 is 1.53 bits per heavy atom. The number of nitrogens with zero attached hydrogens (tertiary/aromatic N) is 1. The monoisotopic (exact) mass is 252 g/mol. The van der Waals surface area contributed by atoms with Crippen LogP contribution in [-0.4, -0.2) is 24.2 Å². The Hall–Kier alpha value is -0.450. The van der Waals surface area contributed by atoms with Gasteiger partial charge < -0.3 is 10.1 Å². The Bertz CT molecular complexity index is 406. The summed E-state index contributed by atoms with van der Waals surface area (Å²) in [5.41, 5.74) is 1.28. The summed E-state index contributed by atoms with van der Waals surface area (Å²) in [4.78, 5) is 6.21. The van der Waals surface area contributed by atoms with E-state index in [1.807, 2.05) is 11.3 Å². The van der Waals surface area contributed by atoms with Crippen molar-refractivity contribution in [3.63, 3.8) is 0 Å². The molecule has 1 unspecified atom stereocenters. The quantitative estimate of drug-likeness (QED) is 0.893. The van der Waals surface area contributed by atoms with Gasteiger partial charge in [0.25, 0.3) is 0 Å². The molecule has 1 atom stereocenters. The predicted octanol–water partition coefficient (Wildman–Crippen LogP) is 2.38. The summed E-state index contributed by atoms with van der Waals surface area (Å²) < 4.78 is 5.63. The van der Waals surface area contributed by atoms with Crippen molar-refractivity contribution in [2.75, 3.05) is 13.2 Å². The van der Waals surface area contributed by atoms with E-state index in [4.69, 9.17) is 9.72 Å². The Kier molecular flexibility index (Phi) is 2.97. The SMILES string of the molecule is CCc1nc(C2(NC3CC3)CCOC2)sc1C. The highest BCUT2D eigenvalue weighted by Crippen LogP contribution is 2.37. The molecule has 0 bridgehead atoms. The van der Waals surface area contributed by atoms with Gasteiger partial charge in [0.15, 0.2) is 0 Å². The molecule has 1 aromatic heterocycles. The molecule has 2 fully saturated rings. The maximum absolute atomic E-state index is 5.63. The predicted molar refractivity (Wildman–Crippen MR) is 69.5 cm³/mol. The number of aryl methyl sites for hydroxylation is 2. The fraction of sp³-hybridized carbons (Fsp3) is 0.769. The highest BCUT2D eigenvalue weighted by atomic mass is 32.1. The fourth-order valence-corrected chi connectivity index (χ4v) is 3.66. The van der Waals surface area contributed by atoms with Crippen molar-refractivity contribution in [1.82, 2.24) is 10.3 Å². The van der Waals surface area contributed by atoms with Crippen LogP contribution >= 0.6 is 11.3 Å². The van der Waals surface area contributed by atoms with Crippen LogP contribution in [0.2, 0.25) is 0 Å². The lowest BCUT2D eigenvalue weighted by molar-refractivity contribution is 0.165. The van der Waals surface area contributed by atoms with E-state index in [1.165, 1.54) is 28.4 Å². The Morgan fingerprint density at radius 3 is 2.88 bits per heavy atom. The zero-order chi connectivity index (χ0) is 11.9. The smallest absolute Gasteiger partial charge is 0.116 e. The minimum atomic E-state index is 0.0179. The second kappa shape index (κ2) is 4.34. The number of hydrogen-bond acceptors (Lipinski definition) is 4. The normalized spacial score (nSPS) is 28.8. The van der Waals surface area contributed by atoms with Crippen molar-refractivity contribution in [2.24, 2.45) is 0 Å². The molecule has 94 valence electrons. The van der Waals surface area contributed by atoms with E-state index in [0.29, 0.717) is 6.04 Å². The average Bonchev–Trinajstić information content (AvgIpc) is 2.86. The Balaban J connectivity index is 1.90. The van der Waals surface area contributed by atoms with Crippen LogP contribution in [0.4, 0.5) is 0 Å². The van der Waals surface area contributed by atoms with Crippen LogP contribution in [0.25, 0.3) is 0 Å². The van der Waals surface area contributed by atoms with Crippen LogP contribution in [0.5, 0.6) is 0 Å². The molecule has 0 amide bonds. The molecule has 1 aromatic rings. The molecule has 2 heterocycles. The Labute approximate surface area is 107 Å². The van der Waals surface area contributed by atoms with Crippen LogP contribution in [0.3, 0.4) is 0 Å². The van der Waals surface area contributed by atoms with E-state index in [9.17, 15) is 0 Å². The molecular formula is C13H20N2OS. The summed E-state index contributed by atoms with van der Waals surface area (Å²) in [6, 6.07) is 0.700. The molecule has 0 radical (unpaired) electrons. The first-order valence-electron chi connectivity index (χ1n) is 6.56. The van der Waals surface area contributed by atoms with Gasteiger partial charge in [-0.05, 0) is 32.6 Å². The fourth-order valence-electron chi connectivity index (χ4n) is 2.49. The summed E-state index contributed by atoms with van der Waals surface area (Å²) in [6.07, 6.45) is 4.72. The van der Waals surface area contributed by atoms with E-state index in [-0.39, 0.29) is 5.54 Å². The third-order valence-corrected chi connectivity index (χ3v) is 4.93. The van der Waals surface area contributed by atoms with E-state index < -0.39 is 0 Å². The molecule has 0 aromatic carbocycles. The summed E-state index contributed by atoms with van der Waals surface area (Å²) >= 11 is 1.85. The lowest BCUT2D eigenvalue weighted by Crippen LogP contribution is -2.44. The lowest BCUT2D eigenvalue weighted by atomic mass is 9.99. The molecule has 17 heavy (non-hydrogen) atoms. The standard InChI is InChI=1S/C13H20N2OS/c1-3-11-9(2)17-12(14-11)13(6-7-16-8-13)15-10-4-5-10/h10,15H,3-8H2,1-2H3. The zero-order valence-electron chi connectivity index (χ0n) is 10.6. The molecule has 1 aliphatic heterocycles. The number of thiazole rings is 1. The molecule has 2 aliphatic rings. The van der Waals surface area contributed by atoms with Crippen LogP contribution in [0.15, 0.2) is 0 Å². The molecule has 3 nitrogen and oxygen atoms in total. The molecule has 1 N–H and O–H groups in total. The van der Waals surface area contributed by atoms with Gasteiger partial charge in [-0.1, -0.05) is 6.92 Å². The molecule has 1 saturated carbocycles. The van der Waals surface area contributed by atoms with Crippen LogP contribution in [-0.2, 0) is 16.7 Å². The maximum Gasteiger partial charge on any atom is 0.116 e. The summed E-state index contributed by atoms with van der Waals surface area (Å²) in [5.74, 6) is 0. The van der Waals surface area contributed by atoms with E-state index >= 15 is 0 Å². The maximum atomic E-state index is 5.63. The van der Waals surface area contributed by atoms with Crippen molar-refractivity contribution in [2.45, 2.75) is 51.1 Å². The van der Waals surface area contributed by atoms with Gasteiger partial charge in [0, 0.05) is 17.5 Å². The van der Waals surface area contributed by atoms with Crippen molar-refractivity contribution in [3.8, 4) is 0 Å². The summed E-state index contributed by atoms with van der Waals surface area (Å²) in [7, 11) is 0. The number of hydrogen-bond donors (Lipinski definition) is 1. The highest BCUT2D eigenvalue weighted by Gasteiger charge is 2.43. The first kappa shape index (κ1) is 11.6. The molecule has 3 rings (SSSR count). The van der Waals surface area contributed by atoms with Gasteiger partial charge in [0.05, 0.1) is 17.8 Å². The van der Waals surface area contributed by atoms with E-state index in [0.717, 1.165) is 26.1 Å². The summed E-state index contributed by atoms with van der Waals surface area (Å²) in [6.45, 7) is 6.01. The summed E-state index contributed by atoms with van der Waals surface area (Å²) in [5, 5.41) is 5.02. The number of nitrogens with one attached hydrogen (secondary N) is 1. The highest BCUT2D eigenvalue weighted by molar-refractivity contribution is 7.11. The minimum Gasteiger partial charge on any atom is -0.379 e. The van der Waals surface area contributed by atoms with Gasteiger partial charge in [-0.3, -0.25) is 0 Å². The van der Waals surface area contributed by atoms with Crippen LogP contribution in [0.1, 0.15) is 41.8 Å². The van der Waals surface area contributed by atoms with Crippen LogP contribution < -0.4 is 5.32 Å². The van der Waals surface area contributed by atoms with Gasteiger partial charge in [0.1, 0.15) is 5.01 Å². The number of aromatic nitrogens is 1. The lowest BCUT2D eigenvalue weighted by Gasteiger charge is -2.26. The second-order valence-corrected chi connectivity index (χ2v) is 6.38. The van der Waals surface area contributed by atoms with Crippen molar-refractivity contribution in [1.29, 1.82) is 0 Å². The third-order valence-electron chi connectivity index (χ3n) is 3.72. The van der Waals surface area contributed by atoms with Crippen molar-refractivity contribution < 1.29 is 4.74 Å². The number of rotatable bonds is 4. The molecule has 1 saturated heterocycles. The van der Waals surface area contributed by atoms with Gasteiger partial charge in [0.2, 0.25) is 0 Å². The van der Waals surface area contributed by atoms with Crippen molar-refractivity contribution in [3.05, 3.63) is 15.6 Å². The topological polar surface area (TPSA) is 34.2 Å². The van der Waals surface area contributed by atoms with E-state index in [2.05, 4.69) is 19.2 Å². The second-order valence-electron chi connectivity index (χ2n) is 5.18. The third kappa shape index (κ3) is 2.14. The zero-order valence-corrected chi connectivity index (χ0v) is 11.4. The average molecular weight is 252 g/mol. The molecule has 4 heteroatoms. The van der Waals surface area contributed by atoms with Crippen LogP contribution in [0, 0.1) is 6.92 Å². The van der Waals surface area contributed by atoms with E-state index in [1.54, 1.807) is 0 Å². The van der Waals surface area contributed by atoms with Gasteiger partial charge in [-0.2, -0.15) is 0 Å². The molecular weight excluding hydrogens is 232 g/mol. The van der Waals surface area contributed by atoms with Gasteiger partial charge in [-0.25, -0.2) is 4.98 Å². The number of ether oxygens (including phenoxy) is 1. The minimum absolute atomic E-state index is 0.0179. The molecule has 1 aliphatic carbocycles. The van der Waals surface area contributed by atoms with Gasteiger partial charge >= 0.3 is 0 Å². The molecule has 0 spiro atoms.